The maximum absolute atomic E-state index is 5.34. The summed E-state index contributed by atoms with van der Waals surface area (Å²) < 4.78 is 2.27. The van der Waals surface area contributed by atoms with E-state index in [9.17, 15) is 0 Å². The molecule has 0 spiro atoms. The molecule has 0 fully saturated rings. The van der Waals surface area contributed by atoms with Gasteiger partial charge in [0.2, 0.25) is 0 Å². The SMILES string of the molecule is c1ccc(-c2ccc(N(c3ccc(-c4cccc(-c5cccc6c5nc(-c5ccccc5)n6-c5ccccc5)c4)cc3)c3ccc4c(ccc5ccccc54)c3)cc2)cc1. The van der Waals surface area contributed by atoms with Gasteiger partial charge < -0.3 is 4.90 Å². The van der Waals surface area contributed by atoms with Crippen LogP contribution in [0.25, 0.3) is 83.0 Å². The highest BCUT2D eigenvalue weighted by atomic mass is 15.1. The number of para-hydroxylation sites is 2. The molecule has 0 N–H and O–H groups in total. The number of hydrogen-bond acceptors (Lipinski definition) is 2. The van der Waals surface area contributed by atoms with E-state index >= 15 is 0 Å². The van der Waals surface area contributed by atoms with E-state index in [2.05, 4.69) is 240 Å². The van der Waals surface area contributed by atoms with Gasteiger partial charge in [-0.2, -0.15) is 0 Å². The summed E-state index contributed by atoms with van der Waals surface area (Å²) in [6.07, 6.45) is 0. The fourth-order valence-electron chi connectivity index (χ4n) is 8.64. The zero-order valence-electron chi connectivity index (χ0n) is 32.9. The molecule has 0 aliphatic carbocycles. The molecule has 282 valence electrons. The average molecular weight is 766 g/mol. The minimum atomic E-state index is 0.926. The molecule has 0 saturated carbocycles. The van der Waals surface area contributed by atoms with Crippen molar-refractivity contribution in [3.05, 3.63) is 237 Å². The van der Waals surface area contributed by atoms with Gasteiger partial charge in [0.15, 0.2) is 0 Å². The highest BCUT2D eigenvalue weighted by molar-refractivity contribution is 6.08. The van der Waals surface area contributed by atoms with Gasteiger partial charge in [0.05, 0.1) is 11.0 Å². The normalized spacial score (nSPS) is 11.3. The molecule has 0 aliphatic heterocycles. The van der Waals surface area contributed by atoms with E-state index in [1.165, 1.54) is 32.7 Å². The Morgan fingerprint density at radius 3 is 1.60 bits per heavy atom. The van der Waals surface area contributed by atoms with Crippen molar-refractivity contribution in [2.75, 3.05) is 4.90 Å². The summed E-state index contributed by atoms with van der Waals surface area (Å²) in [5.41, 5.74) is 14.4. The van der Waals surface area contributed by atoms with Gasteiger partial charge in [0, 0.05) is 33.9 Å². The molecular weight excluding hydrogens is 727 g/mol. The molecule has 0 bridgehead atoms. The van der Waals surface area contributed by atoms with Crippen LogP contribution in [-0.2, 0) is 0 Å². The summed E-state index contributed by atoms with van der Waals surface area (Å²) in [7, 11) is 0. The molecule has 0 radical (unpaired) electrons. The third-order valence-corrected chi connectivity index (χ3v) is 11.6. The van der Waals surface area contributed by atoms with Crippen LogP contribution in [0.15, 0.2) is 237 Å². The number of benzene rings is 10. The lowest BCUT2D eigenvalue weighted by Crippen LogP contribution is -2.09. The Labute approximate surface area is 349 Å². The first-order chi connectivity index (χ1) is 29.7. The first-order valence-electron chi connectivity index (χ1n) is 20.5. The highest BCUT2D eigenvalue weighted by Gasteiger charge is 2.19. The fourth-order valence-corrected chi connectivity index (χ4v) is 8.64. The summed E-state index contributed by atoms with van der Waals surface area (Å²) in [5.74, 6) is 0.926. The molecule has 60 heavy (non-hydrogen) atoms. The number of rotatable bonds is 8. The smallest absolute Gasteiger partial charge is 0.145 e. The van der Waals surface area contributed by atoms with Crippen molar-refractivity contribution >= 4 is 49.6 Å². The van der Waals surface area contributed by atoms with Crippen LogP contribution >= 0.6 is 0 Å². The van der Waals surface area contributed by atoms with Crippen LogP contribution < -0.4 is 4.90 Å². The molecule has 1 aromatic heterocycles. The van der Waals surface area contributed by atoms with Gasteiger partial charge in [-0.05, 0) is 110 Å². The first-order valence-corrected chi connectivity index (χ1v) is 20.5. The van der Waals surface area contributed by atoms with Gasteiger partial charge >= 0.3 is 0 Å². The lowest BCUT2D eigenvalue weighted by molar-refractivity contribution is 1.10. The van der Waals surface area contributed by atoms with Crippen molar-refractivity contribution in [1.82, 2.24) is 9.55 Å². The van der Waals surface area contributed by atoms with Gasteiger partial charge in [0.25, 0.3) is 0 Å². The van der Waals surface area contributed by atoms with E-state index in [1.807, 2.05) is 6.07 Å². The molecule has 3 nitrogen and oxygen atoms in total. The zero-order valence-corrected chi connectivity index (χ0v) is 32.9. The summed E-state index contributed by atoms with van der Waals surface area (Å²) in [4.78, 5) is 7.70. The molecule has 11 aromatic rings. The molecule has 0 aliphatic rings. The second-order valence-electron chi connectivity index (χ2n) is 15.2. The van der Waals surface area contributed by atoms with Crippen LogP contribution in [0, 0.1) is 0 Å². The number of anilines is 3. The van der Waals surface area contributed by atoms with Crippen LogP contribution in [0.3, 0.4) is 0 Å². The molecule has 11 rings (SSSR count). The predicted octanol–water partition coefficient (Wildman–Crippen LogP) is 15.5. The predicted molar refractivity (Wildman–Crippen MR) is 253 cm³/mol. The number of imidazole rings is 1. The average Bonchev–Trinajstić information content (AvgIpc) is 3.73. The monoisotopic (exact) mass is 765 g/mol. The van der Waals surface area contributed by atoms with Gasteiger partial charge in [-0.1, -0.05) is 176 Å². The van der Waals surface area contributed by atoms with Crippen molar-refractivity contribution < 1.29 is 0 Å². The second kappa shape index (κ2) is 15.1. The summed E-state index contributed by atoms with van der Waals surface area (Å²) >= 11 is 0. The fraction of sp³-hybridized carbons (Fsp3) is 0. The van der Waals surface area contributed by atoms with Crippen molar-refractivity contribution in [2.24, 2.45) is 0 Å². The molecular formula is C57H39N3. The van der Waals surface area contributed by atoms with Crippen molar-refractivity contribution in [1.29, 1.82) is 0 Å². The Bertz CT molecular complexity index is 3280. The topological polar surface area (TPSA) is 21.1 Å². The quantitative estimate of drug-likeness (QED) is 0.144. The molecule has 1 heterocycles. The van der Waals surface area contributed by atoms with Gasteiger partial charge in [0.1, 0.15) is 5.82 Å². The number of aromatic nitrogens is 2. The Kier molecular flexibility index (Phi) is 8.83. The van der Waals surface area contributed by atoms with Crippen LogP contribution in [0.4, 0.5) is 17.1 Å². The standard InChI is InChI=1S/C57H39N3/c1-4-14-40(15-5-1)41-28-32-49(33-29-41)59(51-36-37-53-47(39-51)27-26-43-16-10-11-23-52(43)53)50-34-30-42(31-35-50)45-19-12-20-46(38-45)54-24-13-25-55-56(54)58-57(44-17-6-2-7-18-44)60(55)48-21-8-3-9-22-48/h1-39H. The van der Waals surface area contributed by atoms with Gasteiger partial charge in [-0.3, -0.25) is 4.57 Å². The van der Waals surface area contributed by atoms with Gasteiger partial charge in [-0.15, -0.1) is 0 Å². The van der Waals surface area contributed by atoms with Crippen LogP contribution in [0.5, 0.6) is 0 Å². The first kappa shape index (κ1) is 35.2. The lowest BCUT2D eigenvalue weighted by atomic mass is 9.98. The molecule has 10 aromatic carbocycles. The number of nitrogens with zero attached hydrogens (tertiary/aromatic N) is 3. The van der Waals surface area contributed by atoms with E-state index < -0.39 is 0 Å². The van der Waals surface area contributed by atoms with Crippen LogP contribution in [0.2, 0.25) is 0 Å². The van der Waals surface area contributed by atoms with Crippen LogP contribution in [0.1, 0.15) is 0 Å². The molecule has 0 unspecified atom stereocenters. The van der Waals surface area contributed by atoms with Crippen LogP contribution in [-0.4, -0.2) is 9.55 Å². The maximum Gasteiger partial charge on any atom is 0.145 e. The zero-order chi connectivity index (χ0) is 39.8. The van der Waals surface area contributed by atoms with Crippen molar-refractivity contribution in [3.8, 4) is 50.5 Å². The third-order valence-electron chi connectivity index (χ3n) is 11.6. The van der Waals surface area contributed by atoms with E-state index in [4.69, 9.17) is 4.98 Å². The summed E-state index contributed by atoms with van der Waals surface area (Å²) in [6.45, 7) is 0. The number of fused-ring (bicyclic) bond motifs is 4. The Morgan fingerprint density at radius 2 is 0.867 bits per heavy atom. The third kappa shape index (κ3) is 6.39. The highest BCUT2D eigenvalue weighted by Crippen LogP contribution is 2.40. The maximum atomic E-state index is 5.34. The summed E-state index contributed by atoms with van der Waals surface area (Å²) in [6, 6.07) is 84.7. The minimum Gasteiger partial charge on any atom is -0.310 e. The Morgan fingerprint density at radius 1 is 0.333 bits per heavy atom. The van der Waals surface area contributed by atoms with Gasteiger partial charge in [-0.25, -0.2) is 4.98 Å². The van der Waals surface area contributed by atoms with Crippen molar-refractivity contribution in [2.45, 2.75) is 0 Å². The summed E-state index contributed by atoms with van der Waals surface area (Å²) in [5, 5.41) is 4.99. The lowest BCUT2D eigenvalue weighted by Gasteiger charge is -2.26. The number of hydrogen-bond donors (Lipinski definition) is 0. The van der Waals surface area contributed by atoms with Crippen molar-refractivity contribution in [3.63, 3.8) is 0 Å². The largest absolute Gasteiger partial charge is 0.310 e. The minimum absolute atomic E-state index is 0.926. The molecule has 0 amide bonds. The Hall–Kier alpha value is -8.01. The molecule has 3 heteroatoms. The Balaban J connectivity index is 0.981. The molecule has 0 atom stereocenters. The van der Waals surface area contributed by atoms with E-state index in [-0.39, 0.29) is 0 Å². The van der Waals surface area contributed by atoms with E-state index in [0.717, 1.165) is 67.4 Å². The second-order valence-corrected chi connectivity index (χ2v) is 15.2. The van der Waals surface area contributed by atoms with E-state index in [1.54, 1.807) is 0 Å². The molecule has 0 saturated heterocycles. The van der Waals surface area contributed by atoms with E-state index in [0.29, 0.717) is 0 Å².